The molecule has 0 spiro atoms. The quantitative estimate of drug-likeness (QED) is 0.183. The van der Waals surface area contributed by atoms with Crippen molar-refractivity contribution in [2.75, 3.05) is 18.6 Å². The predicted molar refractivity (Wildman–Crippen MR) is 120 cm³/mol. The minimum atomic E-state index is -4.51. The number of hydrogen-bond donors (Lipinski definition) is 4. The number of nitrogens with one attached hydrogen (secondary N) is 3. The van der Waals surface area contributed by atoms with Crippen molar-refractivity contribution in [2.45, 2.75) is 38.4 Å². The highest BCUT2D eigenvalue weighted by atomic mass is 19.4. The van der Waals surface area contributed by atoms with Crippen LogP contribution in [0.25, 0.3) is 0 Å². The molecule has 0 bridgehead atoms. The first-order valence-electron chi connectivity index (χ1n) is 10.4. The average molecular weight is 480 g/mol. The normalized spacial score (nSPS) is 14.6. The van der Waals surface area contributed by atoms with Crippen LogP contribution in [0.3, 0.4) is 0 Å². The number of aldehydes is 1. The topological polar surface area (TPSA) is 129 Å². The Hall–Kier alpha value is -3.67. The van der Waals surface area contributed by atoms with Crippen LogP contribution in [0.15, 0.2) is 53.5 Å². The van der Waals surface area contributed by atoms with Crippen molar-refractivity contribution in [3.63, 3.8) is 0 Å². The second kappa shape index (κ2) is 12.0. The Morgan fingerprint density at radius 3 is 2.59 bits per heavy atom. The summed E-state index contributed by atoms with van der Waals surface area (Å²) in [7, 11) is 1.75. The second-order valence-electron chi connectivity index (χ2n) is 7.52. The third kappa shape index (κ3) is 7.73. The van der Waals surface area contributed by atoms with E-state index in [1.54, 1.807) is 26.1 Å². The molecule has 0 saturated heterocycles. The summed E-state index contributed by atoms with van der Waals surface area (Å²) in [5, 5.41) is 9.14. The van der Waals surface area contributed by atoms with Crippen molar-refractivity contribution >= 4 is 23.9 Å². The summed E-state index contributed by atoms with van der Waals surface area (Å²) in [5.41, 5.74) is 1.16. The van der Waals surface area contributed by atoms with Gasteiger partial charge in [-0.15, -0.1) is 0 Å². The molecule has 2 amide bonds. The Bertz CT molecular complexity index is 987. The lowest BCUT2D eigenvalue weighted by atomic mass is 10.1. The van der Waals surface area contributed by atoms with E-state index in [9.17, 15) is 27.6 Å². The summed E-state index contributed by atoms with van der Waals surface area (Å²) in [6.45, 7) is 1.58. The summed E-state index contributed by atoms with van der Waals surface area (Å²) in [6, 6.07) is 1.35. The van der Waals surface area contributed by atoms with Crippen molar-refractivity contribution in [1.82, 2.24) is 20.9 Å². The van der Waals surface area contributed by atoms with Crippen molar-refractivity contribution < 1.29 is 27.6 Å². The fourth-order valence-corrected chi connectivity index (χ4v) is 3.17. The summed E-state index contributed by atoms with van der Waals surface area (Å²) in [5.74, 6) is 4.11. The molecule has 184 valence electrons. The Morgan fingerprint density at radius 2 is 2.00 bits per heavy atom. The predicted octanol–water partition coefficient (Wildman–Crippen LogP) is 1.70. The van der Waals surface area contributed by atoms with Gasteiger partial charge in [0.2, 0.25) is 0 Å². The van der Waals surface area contributed by atoms with E-state index in [-0.39, 0.29) is 12.4 Å². The molecule has 1 aliphatic carbocycles. The summed E-state index contributed by atoms with van der Waals surface area (Å²) in [4.78, 5) is 39.1. The fraction of sp³-hybridized carbons (Fsp3) is 0.364. The van der Waals surface area contributed by atoms with Crippen LogP contribution >= 0.6 is 0 Å². The van der Waals surface area contributed by atoms with Gasteiger partial charge < -0.3 is 20.7 Å². The number of pyridine rings is 1. The van der Waals surface area contributed by atoms with E-state index in [0.29, 0.717) is 31.2 Å². The fourth-order valence-electron chi connectivity index (χ4n) is 3.17. The van der Waals surface area contributed by atoms with Crippen LogP contribution in [-0.2, 0) is 20.6 Å². The van der Waals surface area contributed by atoms with Crippen LogP contribution < -0.4 is 26.8 Å². The summed E-state index contributed by atoms with van der Waals surface area (Å²) in [6.07, 6.45) is 3.58. The van der Waals surface area contributed by atoms with Crippen molar-refractivity contribution in [2.24, 2.45) is 5.84 Å². The summed E-state index contributed by atoms with van der Waals surface area (Å²) < 4.78 is 38.0. The average Bonchev–Trinajstić information content (AvgIpc) is 2.98. The molecule has 1 aromatic rings. The van der Waals surface area contributed by atoms with Crippen molar-refractivity contribution in [3.05, 3.63) is 59.1 Å². The minimum absolute atomic E-state index is 0.00865. The number of alkyl halides is 3. The van der Waals surface area contributed by atoms with Gasteiger partial charge in [0.25, 0.3) is 0 Å². The van der Waals surface area contributed by atoms with Gasteiger partial charge >= 0.3 is 18.0 Å². The third-order valence-electron chi connectivity index (χ3n) is 4.82. The molecule has 1 aliphatic rings. The molecule has 34 heavy (non-hydrogen) atoms. The molecule has 2 rings (SSSR count). The molecular formula is C22H27F3N6O3. The number of allylic oxidation sites excluding steroid dienone is 4. The highest BCUT2D eigenvalue weighted by Crippen LogP contribution is 2.29. The maximum absolute atomic E-state index is 12.7. The zero-order chi connectivity index (χ0) is 25.3. The molecule has 5 N–H and O–H groups in total. The minimum Gasteiger partial charge on any atom is -0.388 e. The SMILES string of the molecule is CNC1=CCC=C(NC(=O)C(=O)NC(C)CN(N)c2ccc(C(F)(F)F)cn2)C=C1CCC=O. The molecule has 0 fully saturated rings. The number of nitrogens with two attached hydrogens (primary N) is 1. The van der Waals surface area contributed by atoms with E-state index < -0.39 is 29.6 Å². The zero-order valence-electron chi connectivity index (χ0n) is 18.8. The number of anilines is 1. The molecular weight excluding hydrogens is 453 g/mol. The lowest BCUT2D eigenvalue weighted by molar-refractivity contribution is -0.139. The molecule has 1 unspecified atom stereocenters. The van der Waals surface area contributed by atoms with Crippen LogP contribution in [0.2, 0.25) is 0 Å². The van der Waals surface area contributed by atoms with Gasteiger partial charge in [-0.1, -0.05) is 12.2 Å². The van der Waals surface area contributed by atoms with E-state index in [0.717, 1.165) is 34.7 Å². The van der Waals surface area contributed by atoms with Crippen LogP contribution in [0, 0.1) is 0 Å². The van der Waals surface area contributed by atoms with Gasteiger partial charge in [-0.3, -0.25) is 14.6 Å². The number of hydrogen-bond acceptors (Lipinski definition) is 7. The monoisotopic (exact) mass is 480 g/mol. The van der Waals surface area contributed by atoms with Gasteiger partial charge in [-0.25, -0.2) is 10.8 Å². The standard InChI is InChI=1S/C22H27F3N6O3/c1-14(13-31(26)19-9-8-16(12-28-19)22(23,24)25)29-20(33)21(34)30-17-6-3-7-18(27-2)15(11-17)5-4-10-32/h6-12,14,27H,3-5,13,26H2,1-2H3,(H,29,33)(H,30,34). The van der Waals surface area contributed by atoms with E-state index in [1.807, 2.05) is 6.08 Å². The highest BCUT2D eigenvalue weighted by molar-refractivity contribution is 6.35. The first-order valence-corrected chi connectivity index (χ1v) is 10.4. The number of nitrogens with zero attached hydrogens (tertiary/aromatic N) is 2. The molecule has 0 aliphatic heterocycles. The number of aromatic nitrogens is 1. The van der Waals surface area contributed by atoms with E-state index in [1.165, 1.54) is 0 Å². The maximum atomic E-state index is 12.7. The van der Waals surface area contributed by atoms with Gasteiger partial charge in [-0.05, 0) is 43.5 Å². The van der Waals surface area contributed by atoms with Crippen LogP contribution in [0.5, 0.6) is 0 Å². The van der Waals surface area contributed by atoms with E-state index in [2.05, 4.69) is 20.9 Å². The molecule has 0 aromatic carbocycles. The number of halogens is 3. The zero-order valence-corrected chi connectivity index (χ0v) is 18.8. The Morgan fingerprint density at radius 1 is 1.26 bits per heavy atom. The van der Waals surface area contributed by atoms with Gasteiger partial charge in [0, 0.05) is 37.1 Å². The van der Waals surface area contributed by atoms with Gasteiger partial charge in [0.15, 0.2) is 0 Å². The number of hydrazine groups is 1. The molecule has 1 heterocycles. The summed E-state index contributed by atoms with van der Waals surface area (Å²) >= 11 is 0. The van der Waals surface area contributed by atoms with E-state index >= 15 is 0 Å². The second-order valence-corrected chi connectivity index (χ2v) is 7.52. The van der Waals surface area contributed by atoms with Crippen molar-refractivity contribution in [3.8, 4) is 0 Å². The first kappa shape index (κ1) is 26.6. The number of rotatable bonds is 9. The first-order chi connectivity index (χ1) is 16.0. The Kier molecular flexibility index (Phi) is 9.36. The van der Waals surface area contributed by atoms with Gasteiger partial charge in [0.05, 0.1) is 12.1 Å². The molecule has 1 atom stereocenters. The number of likely N-dealkylation sites (N-methyl/N-ethyl adjacent to an activating group) is 1. The Labute approximate surface area is 194 Å². The van der Waals surface area contributed by atoms with Crippen LogP contribution in [0.1, 0.15) is 31.7 Å². The highest BCUT2D eigenvalue weighted by Gasteiger charge is 2.31. The van der Waals surface area contributed by atoms with Crippen molar-refractivity contribution in [1.29, 1.82) is 0 Å². The smallest absolute Gasteiger partial charge is 0.388 e. The lowest BCUT2D eigenvalue weighted by Crippen LogP contribution is -2.49. The maximum Gasteiger partial charge on any atom is 0.417 e. The third-order valence-corrected chi connectivity index (χ3v) is 4.82. The number of carbonyl (C=O) groups excluding carboxylic acids is 3. The van der Waals surface area contributed by atoms with Gasteiger partial charge in [0.1, 0.15) is 12.1 Å². The largest absolute Gasteiger partial charge is 0.417 e. The lowest BCUT2D eigenvalue weighted by Gasteiger charge is -2.22. The number of carbonyl (C=O) groups is 3. The van der Waals surface area contributed by atoms with E-state index in [4.69, 9.17) is 5.84 Å². The number of amides is 2. The molecule has 1 aromatic heterocycles. The molecule has 0 saturated carbocycles. The van der Waals surface area contributed by atoms with Crippen LogP contribution in [-0.4, -0.2) is 42.7 Å². The van der Waals surface area contributed by atoms with Crippen LogP contribution in [0.4, 0.5) is 19.0 Å². The molecule has 12 heteroatoms. The Balaban J connectivity index is 1.94. The molecule has 0 radical (unpaired) electrons. The molecule has 9 nitrogen and oxygen atoms in total. The van der Waals surface area contributed by atoms with Gasteiger partial charge in [-0.2, -0.15) is 13.2 Å².